The van der Waals surface area contributed by atoms with Gasteiger partial charge < -0.3 is 5.32 Å². The summed E-state index contributed by atoms with van der Waals surface area (Å²) in [6.45, 7) is 1.09. The number of thiol groups is 1. The van der Waals surface area contributed by atoms with Crippen molar-refractivity contribution in [1.82, 2.24) is 5.32 Å². The van der Waals surface area contributed by atoms with Crippen molar-refractivity contribution in [3.63, 3.8) is 0 Å². The summed E-state index contributed by atoms with van der Waals surface area (Å²) >= 11 is 5.56. The smallest absolute Gasteiger partial charge is 0.202 e. The van der Waals surface area contributed by atoms with Gasteiger partial charge >= 0.3 is 0 Å². The van der Waals surface area contributed by atoms with Gasteiger partial charge in [0.2, 0.25) is 5.12 Å². The van der Waals surface area contributed by atoms with Gasteiger partial charge in [-0.05, 0) is 17.9 Å². The quantitative estimate of drug-likeness (QED) is 0.770. The van der Waals surface area contributed by atoms with Crippen LogP contribution in [0.2, 0.25) is 0 Å². The van der Waals surface area contributed by atoms with Crippen LogP contribution in [-0.2, 0) is 11.3 Å². The van der Waals surface area contributed by atoms with Gasteiger partial charge in [0.25, 0.3) is 0 Å². The van der Waals surface area contributed by atoms with Crippen LogP contribution in [0.5, 0.6) is 0 Å². The Labute approximate surface area is 93.9 Å². The molecule has 0 aliphatic heterocycles. The van der Waals surface area contributed by atoms with E-state index in [1.807, 2.05) is 24.3 Å². The molecule has 0 amide bonds. The third-order valence-electron chi connectivity index (χ3n) is 1.80. The molecular formula is C10H13NOS2. The largest absolute Gasteiger partial charge is 0.305 e. The van der Waals surface area contributed by atoms with E-state index in [9.17, 15) is 4.79 Å². The fraction of sp³-hybridized carbons (Fsp3) is 0.300. The predicted molar refractivity (Wildman–Crippen MR) is 63.9 cm³/mol. The lowest BCUT2D eigenvalue weighted by molar-refractivity contribution is -0.110. The van der Waals surface area contributed by atoms with Gasteiger partial charge in [-0.25, -0.2) is 0 Å². The van der Waals surface area contributed by atoms with Crippen molar-refractivity contribution in [1.29, 1.82) is 0 Å². The number of nitrogens with one attached hydrogen (secondary N) is 1. The summed E-state index contributed by atoms with van der Waals surface area (Å²) in [6.07, 6.45) is 1.79. The first-order valence-electron chi connectivity index (χ1n) is 4.28. The standard InChI is InChI=1S/C10H13NOS2/c1-14-10(12)7-11-6-8-4-2-3-5-9(8)13/h2-5,11,13H,6-7H2,1H3. The summed E-state index contributed by atoms with van der Waals surface area (Å²) in [5.41, 5.74) is 1.12. The highest BCUT2D eigenvalue weighted by Crippen LogP contribution is 2.12. The third-order valence-corrected chi connectivity index (χ3v) is 2.84. The van der Waals surface area contributed by atoms with Crippen molar-refractivity contribution >= 4 is 29.5 Å². The van der Waals surface area contributed by atoms with E-state index in [1.54, 1.807) is 6.26 Å². The fourth-order valence-electron chi connectivity index (χ4n) is 1.03. The maximum atomic E-state index is 11.0. The van der Waals surface area contributed by atoms with Gasteiger partial charge in [-0.1, -0.05) is 30.0 Å². The van der Waals surface area contributed by atoms with Crippen LogP contribution in [0.4, 0.5) is 0 Å². The minimum absolute atomic E-state index is 0.154. The zero-order valence-electron chi connectivity index (χ0n) is 7.99. The van der Waals surface area contributed by atoms with Gasteiger partial charge in [-0.3, -0.25) is 4.79 Å². The maximum Gasteiger partial charge on any atom is 0.202 e. The Morgan fingerprint density at radius 3 is 2.86 bits per heavy atom. The van der Waals surface area contributed by atoms with Crippen molar-refractivity contribution in [2.75, 3.05) is 12.8 Å². The molecule has 1 N–H and O–H groups in total. The predicted octanol–water partition coefficient (Wildman–Crippen LogP) is 1.95. The Morgan fingerprint density at radius 1 is 1.50 bits per heavy atom. The molecule has 0 saturated heterocycles. The van der Waals surface area contributed by atoms with Crippen molar-refractivity contribution in [2.45, 2.75) is 11.4 Å². The Hall–Kier alpha value is -0.450. The lowest BCUT2D eigenvalue weighted by Gasteiger charge is -2.05. The monoisotopic (exact) mass is 227 g/mol. The van der Waals surface area contributed by atoms with Crippen LogP contribution >= 0.6 is 24.4 Å². The molecule has 1 aromatic carbocycles. The molecule has 0 atom stereocenters. The van der Waals surface area contributed by atoms with Crippen molar-refractivity contribution in [3.8, 4) is 0 Å². The number of carbonyl (C=O) groups is 1. The minimum Gasteiger partial charge on any atom is -0.305 e. The molecule has 76 valence electrons. The fourth-order valence-corrected chi connectivity index (χ4v) is 1.52. The molecule has 14 heavy (non-hydrogen) atoms. The van der Waals surface area contributed by atoms with E-state index in [2.05, 4.69) is 17.9 Å². The van der Waals surface area contributed by atoms with Crippen molar-refractivity contribution in [2.24, 2.45) is 0 Å². The second kappa shape index (κ2) is 6.11. The molecule has 1 aromatic rings. The molecular weight excluding hydrogens is 214 g/mol. The minimum atomic E-state index is 0.154. The van der Waals surface area contributed by atoms with Crippen molar-refractivity contribution in [3.05, 3.63) is 29.8 Å². The number of hydrogen-bond donors (Lipinski definition) is 2. The van der Waals surface area contributed by atoms with E-state index >= 15 is 0 Å². The van der Waals surface area contributed by atoms with Gasteiger partial charge in [0.1, 0.15) is 0 Å². The van der Waals surface area contributed by atoms with Crippen LogP contribution in [0.25, 0.3) is 0 Å². The van der Waals surface area contributed by atoms with Gasteiger partial charge in [0.05, 0.1) is 6.54 Å². The average molecular weight is 227 g/mol. The summed E-state index contributed by atoms with van der Waals surface area (Å²) in [6, 6.07) is 7.85. The first-order valence-corrected chi connectivity index (χ1v) is 5.95. The first kappa shape index (κ1) is 11.6. The summed E-state index contributed by atoms with van der Waals surface area (Å²) in [4.78, 5) is 11.9. The number of benzene rings is 1. The summed E-state index contributed by atoms with van der Waals surface area (Å²) in [5.74, 6) is 0. The molecule has 1 rings (SSSR count). The molecule has 0 aromatic heterocycles. The molecule has 0 aliphatic carbocycles. The van der Waals surface area contributed by atoms with Crippen LogP contribution in [0, 0.1) is 0 Å². The van der Waals surface area contributed by atoms with Crippen LogP contribution in [0.1, 0.15) is 5.56 Å². The van der Waals surface area contributed by atoms with E-state index in [1.165, 1.54) is 11.8 Å². The molecule has 0 spiro atoms. The zero-order chi connectivity index (χ0) is 10.4. The van der Waals surface area contributed by atoms with Crippen LogP contribution < -0.4 is 5.32 Å². The molecule has 0 heterocycles. The number of rotatable bonds is 4. The third kappa shape index (κ3) is 3.74. The summed E-state index contributed by atoms with van der Waals surface area (Å²) in [5, 5.41) is 3.23. The Balaban J connectivity index is 2.39. The van der Waals surface area contributed by atoms with E-state index < -0.39 is 0 Å². The summed E-state index contributed by atoms with van der Waals surface area (Å²) < 4.78 is 0. The van der Waals surface area contributed by atoms with Gasteiger partial charge in [-0.2, -0.15) is 0 Å². The highest BCUT2D eigenvalue weighted by Gasteiger charge is 2.00. The van der Waals surface area contributed by atoms with Gasteiger partial charge in [0, 0.05) is 11.4 Å². The normalized spacial score (nSPS) is 10.1. The number of hydrogen-bond acceptors (Lipinski definition) is 4. The topological polar surface area (TPSA) is 29.1 Å². The molecule has 0 bridgehead atoms. The second-order valence-corrected chi connectivity index (χ2v) is 4.15. The van der Waals surface area contributed by atoms with Crippen LogP contribution in [0.3, 0.4) is 0 Å². The SMILES string of the molecule is CSC(=O)CNCc1ccccc1S. The molecule has 0 aliphatic rings. The van der Waals surface area contributed by atoms with Gasteiger partial charge in [0.15, 0.2) is 0 Å². The number of carbonyl (C=O) groups excluding carboxylic acids is 1. The lowest BCUT2D eigenvalue weighted by Crippen LogP contribution is -2.20. The molecule has 0 unspecified atom stereocenters. The highest BCUT2D eigenvalue weighted by molar-refractivity contribution is 8.13. The van der Waals surface area contributed by atoms with E-state index in [0.717, 1.165) is 10.5 Å². The van der Waals surface area contributed by atoms with Gasteiger partial charge in [-0.15, -0.1) is 12.6 Å². The zero-order valence-corrected chi connectivity index (χ0v) is 9.70. The first-order chi connectivity index (χ1) is 6.74. The molecule has 0 radical (unpaired) electrons. The summed E-state index contributed by atoms with van der Waals surface area (Å²) in [7, 11) is 0. The van der Waals surface area contributed by atoms with E-state index in [0.29, 0.717) is 13.1 Å². The Morgan fingerprint density at radius 2 is 2.21 bits per heavy atom. The Bertz CT molecular complexity index is 315. The molecule has 0 fully saturated rings. The average Bonchev–Trinajstić information content (AvgIpc) is 2.20. The van der Waals surface area contributed by atoms with E-state index in [-0.39, 0.29) is 5.12 Å². The number of thioether (sulfide) groups is 1. The molecule has 0 saturated carbocycles. The molecule has 4 heteroatoms. The second-order valence-electron chi connectivity index (χ2n) is 2.81. The molecule has 2 nitrogen and oxygen atoms in total. The Kier molecular flexibility index (Phi) is 5.07. The highest BCUT2D eigenvalue weighted by atomic mass is 32.2. The maximum absolute atomic E-state index is 11.0. The van der Waals surface area contributed by atoms with Crippen molar-refractivity contribution < 1.29 is 4.79 Å². The van der Waals surface area contributed by atoms with Crippen LogP contribution in [-0.4, -0.2) is 17.9 Å². The van der Waals surface area contributed by atoms with E-state index in [4.69, 9.17) is 0 Å². The lowest BCUT2D eigenvalue weighted by atomic mass is 10.2. The van der Waals surface area contributed by atoms with Crippen LogP contribution in [0.15, 0.2) is 29.2 Å².